The summed E-state index contributed by atoms with van der Waals surface area (Å²) in [7, 11) is 3.84. The Kier molecular flexibility index (Phi) is 8.18. The van der Waals surface area contributed by atoms with Crippen LogP contribution in [0.2, 0.25) is 5.02 Å². The Labute approximate surface area is 287 Å². The SMILES string of the molecule is Cn1nc2cc1CSc1cc(c3ccccc3c1)OCCCc1c(C(=O)O)n(C)c3c(c(Cl)ccc13)-c1c(nn3c1CCCC3)CNC2. The largest absolute Gasteiger partial charge is 0.493 e. The second kappa shape index (κ2) is 12.7. The molecule has 5 heterocycles. The van der Waals surface area contributed by atoms with Gasteiger partial charge in [-0.2, -0.15) is 10.2 Å². The van der Waals surface area contributed by atoms with Gasteiger partial charge < -0.3 is 19.7 Å². The van der Waals surface area contributed by atoms with Crippen LogP contribution in [0.4, 0.5) is 0 Å². The average molecular weight is 681 g/mol. The van der Waals surface area contributed by atoms with Crippen LogP contribution in [-0.2, 0) is 52.3 Å². The molecule has 3 aromatic heterocycles. The van der Waals surface area contributed by atoms with Crippen molar-refractivity contribution in [1.29, 1.82) is 0 Å². The zero-order valence-corrected chi connectivity index (χ0v) is 28.6. The first-order chi connectivity index (χ1) is 23.4. The Morgan fingerprint density at radius 1 is 0.979 bits per heavy atom. The van der Waals surface area contributed by atoms with Crippen molar-refractivity contribution < 1.29 is 14.6 Å². The van der Waals surface area contributed by atoms with Gasteiger partial charge in [-0.1, -0.05) is 41.9 Å². The number of hydrogen-bond acceptors (Lipinski definition) is 6. The monoisotopic (exact) mass is 680 g/mol. The van der Waals surface area contributed by atoms with Crippen molar-refractivity contribution in [2.75, 3.05) is 6.61 Å². The minimum absolute atomic E-state index is 0.283. The second-order valence-electron chi connectivity index (χ2n) is 12.7. The third-order valence-electron chi connectivity index (χ3n) is 9.66. The molecule has 0 saturated heterocycles. The van der Waals surface area contributed by atoms with E-state index in [9.17, 15) is 9.90 Å². The number of rotatable bonds is 1. The van der Waals surface area contributed by atoms with Gasteiger partial charge in [0, 0.05) is 77.7 Å². The smallest absolute Gasteiger partial charge is 0.352 e. The van der Waals surface area contributed by atoms with Gasteiger partial charge in [0.2, 0.25) is 0 Å². The van der Waals surface area contributed by atoms with Crippen molar-refractivity contribution in [2.45, 2.75) is 62.4 Å². The molecular formula is C37H37ClN6O3S. The Morgan fingerprint density at radius 3 is 2.73 bits per heavy atom. The van der Waals surface area contributed by atoms with Crippen molar-refractivity contribution in [3.8, 4) is 16.9 Å². The van der Waals surface area contributed by atoms with Crippen LogP contribution in [0.25, 0.3) is 32.8 Å². The van der Waals surface area contributed by atoms with Gasteiger partial charge in [-0.25, -0.2) is 4.79 Å². The number of carboxylic acid groups (broad SMARTS) is 1. The van der Waals surface area contributed by atoms with Crippen LogP contribution >= 0.6 is 23.4 Å². The van der Waals surface area contributed by atoms with E-state index in [2.05, 4.69) is 40.3 Å². The van der Waals surface area contributed by atoms with E-state index in [1.54, 1.807) is 11.8 Å². The van der Waals surface area contributed by atoms with Crippen LogP contribution in [0, 0.1) is 0 Å². The molecule has 0 saturated carbocycles. The molecule has 11 heteroatoms. The lowest BCUT2D eigenvalue weighted by Crippen LogP contribution is -2.15. The van der Waals surface area contributed by atoms with Crippen molar-refractivity contribution in [1.82, 2.24) is 29.4 Å². The maximum Gasteiger partial charge on any atom is 0.352 e. The number of benzene rings is 3. The number of halogens is 1. The lowest BCUT2D eigenvalue weighted by molar-refractivity contribution is 0.0685. The van der Waals surface area contributed by atoms with Crippen molar-refractivity contribution >= 4 is 51.0 Å². The first-order valence-electron chi connectivity index (χ1n) is 16.5. The second-order valence-corrected chi connectivity index (χ2v) is 14.2. The Morgan fingerprint density at radius 2 is 1.85 bits per heavy atom. The molecule has 0 fully saturated rings. The first-order valence-corrected chi connectivity index (χ1v) is 17.9. The summed E-state index contributed by atoms with van der Waals surface area (Å²) in [4.78, 5) is 14.0. The van der Waals surface area contributed by atoms with Crippen LogP contribution < -0.4 is 10.1 Å². The number of nitrogens with one attached hydrogen (secondary N) is 1. The predicted molar refractivity (Wildman–Crippen MR) is 190 cm³/mol. The molecule has 0 amide bonds. The molecule has 0 spiro atoms. The van der Waals surface area contributed by atoms with E-state index in [4.69, 9.17) is 26.5 Å². The highest BCUT2D eigenvalue weighted by Gasteiger charge is 2.29. The van der Waals surface area contributed by atoms with E-state index in [0.717, 1.165) is 103 Å². The summed E-state index contributed by atoms with van der Waals surface area (Å²) in [5.41, 5.74) is 7.96. The number of aromatic carboxylic acids is 1. The van der Waals surface area contributed by atoms with Crippen LogP contribution in [0.15, 0.2) is 59.5 Å². The minimum Gasteiger partial charge on any atom is -0.493 e. The molecule has 2 aliphatic rings. The van der Waals surface area contributed by atoms with Gasteiger partial charge in [0.25, 0.3) is 0 Å². The molecule has 48 heavy (non-hydrogen) atoms. The zero-order valence-electron chi connectivity index (χ0n) is 27.1. The summed E-state index contributed by atoms with van der Waals surface area (Å²) in [5.74, 6) is 0.654. The topological polar surface area (TPSA) is 99.1 Å². The molecular weight excluding hydrogens is 644 g/mol. The number of hydrogen-bond donors (Lipinski definition) is 2. The number of carboxylic acids is 1. The fourth-order valence-electron chi connectivity index (χ4n) is 7.46. The van der Waals surface area contributed by atoms with Gasteiger partial charge in [0.15, 0.2) is 0 Å². The summed E-state index contributed by atoms with van der Waals surface area (Å²) in [6, 6.07) is 18.6. The van der Waals surface area contributed by atoms with Gasteiger partial charge >= 0.3 is 5.97 Å². The minimum atomic E-state index is -0.953. The van der Waals surface area contributed by atoms with Crippen LogP contribution in [0.3, 0.4) is 0 Å². The van der Waals surface area contributed by atoms with Crippen molar-refractivity contribution in [2.24, 2.45) is 14.1 Å². The van der Waals surface area contributed by atoms with E-state index < -0.39 is 5.97 Å². The van der Waals surface area contributed by atoms with Crippen LogP contribution in [0.5, 0.6) is 5.75 Å². The molecule has 2 N–H and O–H groups in total. The molecule has 6 aromatic rings. The standard InChI is InChI=1S/C37H37ClN6O3S/c1-42-35-28-12-13-29(38)33(35)34-30(41-44-14-6-5-11-31(34)44)20-39-19-23-17-24(43(2)40-23)21-48-25-16-22-8-3-4-9-26(22)32(18-25)47-15-7-10-27(28)36(42)37(45)46/h3-4,8-9,12-13,16-18,39H,5-7,10-11,14-15,19-21H2,1-2H3,(H,45,46). The van der Waals surface area contributed by atoms with Gasteiger partial charge in [0.1, 0.15) is 11.4 Å². The fraction of sp³-hybridized carbons (Fsp3) is 0.324. The molecule has 246 valence electrons. The molecule has 8 rings (SSSR count). The molecule has 0 aliphatic carbocycles. The molecule has 3 aromatic carbocycles. The maximum atomic E-state index is 12.8. The quantitative estimate of drug-likeness (QED) is 0.185. The average Bonchev–Trinajstić information content (AvgIpc) is 3.72. The Balaban J connectivity index is 1.27. The summed E-state index contributed by atoms with van der Waals surface area (Å²) in [5, 5.41) is 27.7. The van der Waals surface area contributed by atoms with Crippen LogP contribution in [-0.4, -0.2) is 41.8 Å². The van der Waals surface area contributed by atoms with Gasteiger partial charge in [-0.15, -0.1) is 11.8 Å². The number of ether oxygens (including phenoxy) is 1. The highest BCUT2D eigenvalue weighted by atomic mass is 35.5. The molecule has 9 nitrogen and oxygen atoms in total. The summed E-state index contributed by atoms with van der Waals surface area (Å²) < 4.78 is 12.4. The number of fused-ring (bicyclic) bond motifs is 10. The molecule has 0 radical (unpaired) electrons. The van der Waals surface area contributed by atoms with E-state index in [0.29, 0.717) is 37.6 Å². The fourth-order valence-corrected chi connectivity index (χ4v) is 8.70. The number of thioether (sulfide) groups is 1. The number of aryl methyl sites for hydroxylation is 4. The Hall–Kier alpha value is -4.25. The maximum absolute atomic E-state index is 12.8. The lowest BCUT2D eigenvalue weighted by Gasteiger charge is -2.16. The third kappa shape index (κ3) is 5.45. The lowest BCUT2D eigenvalue weighted by atomic mass is 9.95. The number of aromatic nitrogens is 5. The number of nitrogens with zero attached hydrogens (tertiary/aromatic N) is 5. The molecule has 0 unspecified atom stereocenters. The summed E-state index contributed by atoms with van der Waals surface area (Å²) in [6.45, 7) is 2.42. The van der Waals surface area contributed by atoms with E-state index in [1.807, 2.05) is 47.6 Å². The van der Waals surface area contributed by atoms with E-state index in [1.165, 1.54) is 0 Å². The van der Waals surface area contributed by atoms with Crippen LogP contribution in [0.1, 0.15) is 58.1 Å². The molecule has 2 aliphatic heterocycles. The first kappa shape index (κ1) is 31.0. The van der Waals surface area contributed by atoms with E-state index >= 15 is 0 Å². The zero-order chi connectivity index (χ0) is 32.9. The highest BCUT2D eigenvalue weighted by Crippen LogP contribution is 2.43. The van der Waals surface area contributed by atoms with Crippen molar-refractivity contribution in [3.05, 3.63) is 93.7 Å². The normalized spacial score (nSPS) is 15.6. The van der Waals surface area contributed by atoms with Gasteiger partial charge in [0.05, 0.1) is 28.5 Å². The summed E-state index contributed by atoms with van der Waals surface area (Å²) >= 11 is 8.85. The Bertz CT molecular complexity index is 2220. The van der Waals surface area contributed by atoms with E-state index in [-0.39, 0.29) is 5.69 Å². The molecule has 0 atom stereocenters. The van der Waals surface area contributed by atoms with Crippen molar-refractivity contribution in [3.63, 3.8) is 0 Å². The summed E-state index contributed by atoms with van der Waals surface area (Å²) in [6.07, 6.45) is 4.25. The molecule has 8 bridgehead atoms. The third-order valence-corrected chi connectivity index (χ3v) is 11.0. The van der Waals surface area contributed by atoms with Gasteiger partial charge in [-0.3, -0.25) is 9.36 Å². The predicted octanol–water partition coefficient (Wildman–Crippen LogP) is 7.52. The highest BCUT2D eigenvalue weighted by molar-refractivity contribution is 7.98. The number of carbonyl (C=O) groups is 1. The van der Waals surface area contributed by atoms with Gasteiger partial charge in [-0.05, 0) is 67.3 Å².